The van der Waals surface area contributed by atoms with E-state index in [-0.39, 0.29) is 0 Å². The molecule has 4 heterocycles. The maximum atomic E-state index is 5.43. The number of hydrogen-bond donors (Lipinski definition) is 0. The Morgan fingerprint density at radius 1 is 0.511 bits per heavy atom. The van der Waals surface area contributed by atoms with Crippen LogP contribution in [0, 0.1) is 0 Å². The molecule has 1 aliphatic heterocycles. The Kier molecular flexibility index (Phi) is 5.74. The molecule has 0 amide bonds. The lowest BCUT2D eigenvalue weighted by Crippen LogP contribution is -2.18. The standard InChI is InChI=1S/C41H25N5S/c1-2-12-27-26(11-1)23-31(29-14-4-3-13-28(27)29)33-24-40(45-34-16-6-5-15-30(34)32-25-42-22-21-35(32)45)44-41(43-33)46-36-17-7-9-19-38(36)47-39-20-10-8-18-37(39)46/h1-25H. The Labute approximate surface area is 274 Å². The minimum atomic E-state index is 0.620. The predicted octanol–water partition coefficient (Wildman–Crippen LogP) is 10.9. The first-order valence-corrected chi connectivity index (χ1v) is 16.4. The molecule has 5 nitrogen and oxygen atoms in total. The minimum absolute atomic E-state index is 0.620. The third-order valence-corrected chi connectivity index (χ3v) is 10.2. The van der Waals surface area contributed by atoms with Crippen molar-refractivity contribution >= 4 is 72.4 Å². The van der Waals surface area contributed by atoms with Gasteiger partial charge in [0.05, 0.1) is 28.1 Å². The van der Waals surface area contributed by atoms with Crippen molar-refractivity contribution < 1.29 is 0 Å². The van der Waals surface area contributed by atoms with Crippen LogP contribution in [0.4, 0.5) is 17.3 Å². The van der Waals surface area contributed by atoms with E-state index >= 15 is 0 Å². The van der Waals surface area contributed by atoms with Crippen molar-refractivity contribution in [2.75, 3.05) is 4.90 Å². The molecule has 47 heavy (non-hydrogen) atoms. The first kappa shape index (κ1) is 26.3. The Balaban J connectivity index is 1.33. The van der Waals surface area contributed by atoms with E-state index in [2.05, 4.69) is 154 Å². The summed E-state index contributed by atoms with van der Waals surface area (Å²) in [6.07, 6.45) is 3.80. The second-order valence-corrected chi connectivity index (χ2v) is 12.8. The number of aromatic nitrogens is 4. The molecule has 0 spiro atoms. The van der Waals surface area contributed by atoms with Gasteiger partial charge in [-0.3, -0.25) is 14.5 Å². The molecule has 9 aromatic rings. The van der Waals surface area contributed by atoms with Gasteiger partial charge in [0, 0.05) is 44.6 Å². The Morgan fingerprint density at radius 3 is 1.96 bits per heavy atom. The maximum absolute atomic E-state index is 5.43. The molecular formula is C41H25N5S. The summed E-state index contributed by atoms with van der Waals surface area (Å²) < 4.78 is 2.25. The van der Waals surface area contributed by atoms with Gasteiger partial charge in [-0.1, -0.05) is 103 Å². The molecule has 6 heteroatoms. The first-order chi connectivity index (χ1) is 23.3. The van der Waals surface area contributed by atoms with Crippen LogP contribution >= 0.6 is 11.8 Å². The van der Waals surface area contributed by atoms with Crippen molar-refractivity contribution in [2.24, 2.45) is 0 Å². The molecule has 0 aliphatic carbocycles. The molecule has 0 atom stereocenters. The Bertz CT molecular complexity index is 2600. The average Bonchev–Trinajstić information content (AvgIpc) is 3.48. The van der Waals surface area contributed by atoms with Gasteiger partial charge in [-0.2, -0.15) is 4.98 Å². The minimum Gasteiger partial charge on any atom is -0.293 e. The molecule has 6 aromatic carbocycles. The molecule has 10 rings (SSSR count). The van der Waals surface area contributed by atoms with Gasteiger partial charge in [-0.25, -0.2) is 4.98 Å². The summed E-state index contributed by atoms with van der Waals surface area (Å²) in [6, 6.07) is 49.2. The molecule has 0 saturated carbocycles. The second-order valence-electron chi connectivity index (χ2n) is 11.7. The highest BCUT2D eigenvalue weighted by Gasteiger charge is 2.28. The van der Waals surface area contributed by atoms with E-state index in [0.29, 0.717) is 5.95 Å². The summed E-state index contributed by atoms with van der Waals surface area (Å²) >= 11 is 1.78. The Morgan fingerprint density at radius 2 is 1.15 bits per heavy atom. The molecular weight excluding hydrogens is 595 g/mol. The summed E-state index contributed by atoms with van der Waals surface area (Å²) in [5, 5.41) is 6.99. The summed E-state index contributed by atoms with van der Waals surface area (Å²) in [4.78, 5) is 19.9. The fourth-order valence-electron chi connectivity index (χ4n) is 7.02. The number of para-hydroxylation sites is 3. The zero-order chi connectivity index (χ0) is 30.9. The highest BCUT2D eigenvalue weighted by Crippen LogP contribution is 2.51. The molecule has 220 valence electrons. The van der Waals surface area contributed by atoms with Gasteiger partial charge in [0.25, 0.3) is 0 Å². The smallest absolute Gasteiger partial charge is 0.237 e. The van der Waals surface area contributed by atoms with E-state index in [9.17, 15) is 0 Å². The van der Waals surface area contributed by atoms with Gasteiger partial charge in [0.15, 0.2) is 0 Å². The molecule has 0 radical (unpaired) electrons. The van der Waals surface area contributed by atoms with Crippen LogP contribution in [0.3, 0.4) is 0 Å². The van der Waals surface area contributed by atoms with Crippen LogP contribution in [0.2, 0.25) is 0 Å². The fraction of sp³-hybridized carbons (Fsp3) is 0. The monoisotopic (exact) mass is 619 g/mol. The normalized spacial score (nSPS) is 12.6. The van der Waals surface area contributed by atoms with E-state index in [0.717, 1.165) is 55.6 Å². The van der Waals surface area contributed by atoms with Gasteiger partial charge < -0.3 is 0 Å². The summed E-state index contributed by atoms with van der Waals surface area (Å²) in [6.45, 7) is 0. The molecule has 0 bridgehead atoms. The Hall–Kier alpha value is -5.98. The number of rotatable bonds is 3. The summed E-state index contributed by atoms with van der Waals surface area (Å²) in [7, 11) is 0. The second kappa shape index (κ2) is 10.3. The lowest BCUT2D eigenvalue weighted by Gasteiger charge is -2.31. The molecule has 0 saturated heterocycles. The number of nitrogens with zero attached hydrogens (tertiary/aromatic N) is 5. The van der Waals surface area contributed by atoms with Gasteiger partial charge in [0.1, 0.15) is 5.82 Å². The molecule has 1 aliphatic rings. The van der Waals surface area contributed by atoms with Crippen LogP contribution in [0.1, 0.15) is 0 Å². The topological polar surface area (TPSA) is 46.8 Å². The maximum Gasteiger partial charge on any atom is 0.237 e. The third kappa shape index (κ3) is 4.02. The van der Waals surface area contributed by atoms with E-state index in [1.807, 2.05) is 12.4 Å². The number of anilines is 3. The largest absolute Gasteiger partial charge is 0.293 e. The third-order valence-electron chi connectivity index (χ3n) is 9.08. The molecule has 0 fully saturated rings. The predicted molar refractivity (Wildman–Crippen MR) is 193 cm³/mol. The summed E-state index contributed by atoms with van der Waals surface area (Å²) in [5.41, 5.74) is 6.18. The quantitative estimate of drug-likeness (QED) is 0.184. The van der Waals surface area contributed by atoms with Crippen LogP contribution in [0.5, 0.6) is 0 Å². The van der Waals surface area contributed by atoms with E-state index in [1.165, 1.54) is 25.9 Å². The zero-order valence-corrected chi connectivity index (χ0v) is 25.9. The van der Waals surface area contributed by atoms with E-state index in [1.54, 1.807) is 11.8 Å². The summed E-state index contributed by atoms with van der Waals surface area (Å²) in [5.74, 6) is 1.42. The van der Waals surface area contributed by atoms with Crippen molar-refractivity contribution in [3.8, 4) is 17.1 Å². The van der Waals surface area contributed by atoms with E-state index in [4.69, 9.17) is 9.97 Å². The molecule has 0 unspecified atom stereocenters. The fourth-order valence-corrected chi connectivity index (χ4v) is 8.08. The van der Waals surface area contributed by atoms with Crippen molar-refractivity contribution in [3.05, 3.63) is 152 Å². The number of pyridine rings is 1. The van der Waals surface area contributed by atoms with Crippen LogP contribution in [-0.4, -0.2) is 19.5 Å². The lowest BCUT2D eigenvalue weighted by atomic mass is 9.95. The molecule has 0 N–H and O–H groups in total. The van der Waals surface area contributed by atoms with Crippen molar-refractivity contribution in [2.45, 2.75) is 9.79 Å². The highest BCUT2D eigenvalue weighted by atomic mass is 32.2. The van der Waals surface area contributed by atoms with Crippen LogP contribution in [0.15, 0.2) is 162 Å². The number of benzene rings is 6. The van der Waals surface area contributed by atoms with Gasteiger partial charge in [0.2, 0.25) is 5.95 Å². The van der Waals surface area contributed by atoms with Crippen LogP contribution < -0.4 is 4.90 Å². The van der Waals surface area contributed by atoms with Gasteiger partial charge >= 0.3 is 0 Å². The van der Waals surface area contributed by atoms with Crippen molar-refractivity contribution in [1.29, 1.82) is 0 Å². The van der Waals surface area contributed by atoms with Gasteiger partial charge in [-0.05, 0) is 64.0 Å². The van der Waals surface area contributed by atoms with Crippen molar-refractivity contribution in [3.63, 3.8) is 0 Å². The SMILES string of the molecule is c1ccc2c(c1)Sc1ccccc1N2c1nc(-c2cc3ccccc3c3ccccc23)cc(-n2c3ccccc3c3cnccc32)n1. The van der Waals surface area contributed by atoms with Crippen LogP contribution in [0.25, 0.3) is 60.4 Å². The lowest BCUT2D eigenvalue weighted by molar-refractivity contribution is 0.996. The zero-order valence-electron chi connectivity index (χ0n) is 25.1. The average molecular weight is 620 g/mol. The molecule has 3 aromatic heterocycles. The van der Waals surface area contributed by atoms with Crippen molar-refractivity contribution in [1.82, 2.24) is 19.5 Å². The number of fused-ring (bicyclic) bond motifs is 8. The first-order valence-electron chi connectivity index (χ1n) is 15.6. The number of hydrogen-bond acceptors (Lipinski definition) is 5. The van der Waals surface area contributed by atoms with E-state index < -0.39 is 0 Å². The van der Waals surface area contributed by atoms with Gasteiger partial charge in [-0.15, -0.1) is 0 Å². The van der Waals surface area contributed by atoms with Crippen LogP contribution in [-0.2, 0) is 0 Å². The highest BCUT2D eigenvalue weighted by molar-refractivity contribution is 7.99.